The van der Waals surface area contributed by atoms with Crippen LogP contribution in [-0.2, 0) is 16.6 Å². The van der Waals surface area contributed by atoms with Crippen LogP contribution < -0.4 is 4.72 Å². The molecule has 33 heavy (non-hydrogen) atoms. The van der Waals surface area contributed by atoms with Crippen molar-refractivity contribution in [2.24, 2.45) is 0 Å². The van der Waals surface area contributed by atoms with Crippen LogP contribution in [0.15, 0.2) is 77.7 Å². The number of halogens is 2. The van der Waals surface area contributed by atoms with E-state index in [0.717, 1.165) is 17.7 Å². The van der Waals surface area contributed by atoms with Gasteiger partial charge in [-0.1, -0.05) is 30.3 Å². The van der Waals surface area contributed by atoms with E-state index in [9.17, 15) is 22.0 Å². The summed E-state index contributed by atoms with van der Waals surface area (Å²) in [5.74, 6) is -2.57. The van der Waals surface area contributed by atoms with Crippen LogP contribution in [0.5, 0.6) is 0 Å². The number of likely N-dealkylation sites (N-methyl/N-ethyl adjacent to an activating group) is 1. The van der Waals surface area contributed by atoms with Gasteiger partial charge in [-0.25, -0.2) is 17.2 Å². The van der Waals surface area contributed by atoms with Crippen molar-refractivity contribution in [2.45, 2.75) is 11.4 Å². The molecule has 0 saturated carbocycles. The van der Waals surface area contributed by atoms with E-state index in [4.69, 9.17) is 0 Å². The molecule has 1 amide bonds. The number of benzene rings is 3. The summed E-state index contributed by atoms with van der Waals surface area (Å²) in [5.41, 5.74) is 1.60. The highest BCUT2D eigenvalue weighted by Gasteiger charge is 2.19. The van der Waals surface area contributed by atoms with Crippen molar-refractivity contribution < 1.29 is 22.0 Å². The molecule has 0 aliphatic rings. The average molecular weight is 474 g/mol. The molecule has 174 valence electrons. The Morgan fingerprint density at radius 3 is 2.15 bits per heavy atom. The third-order valence-electron chi connectivity index (χ3n) is 4.91. The number of carbonyl (C=O) groups excluding carboxylic acids is 1. The zero-order valence-corrected chi connectivity index (χ0v) is 19.1. The van der Waals surface area contributed by atoms with Gasteiger partial charge in [0.15, 0.2) is 11.6 Å². The second kappa shape index (κ2) is 10.5. The maximum Gasteiger partial charge on any atom is 0.261 e. The quantitative estimate of drug-likeness (QED) is 0.511. The van der Waals surface area contributed by atoms with Crippen molar-refractivity contribution in [3.8, 4) is 0 Å². The lowest BCUT2D eigenvalue weighted by atomic mass is 10.1. The number of nitrogens with zero attached hydrogens (tertiary/aromatic N) is 2. The summed E-state index contributed by atoms with van der Waals surface area (Å²) < 4.78 is 53.8. The average Bonchev–Trinajstić information content (AvgIpc) is 2.78. The molecule has 0 spiro atoms. The fourth-order valence-electron chi connectivity index (χ4n) is 3.10. The lowest BCUT2D eigenvalue weighted by Crippen LogP contribution is -2.36. The monoisotopic (exact) mass is 473 g/mol. The van der Waals surface area contributed by atoms with Gasteiger partial charge in [-0.2, -0.15) is 0 Å². The van der Waals surface area contributed by atoms with Crippen LogP contribution in [0, 0.1) is 11.6 Å². The van der Waals surface area contributed by atoms with Gasteiger partial charge >= 0.3 is 0 Å². The zero-order chi connectivity index (χ0) is 24.0. The summed E-state index contributed by atoms with van der Waals surface area (Å²) in [7, 11) is -0.259. The topological polar surface area (TPSA) is 69.7 Å². The Balaban J connectivity index is 1.76. The van der Waals surface area contributed by atoms with Crippen LogP contribution in [0.25, 0.3) is 0 Å². The molecule has 0 unspecified atom stereocenters. The first kappa shape index (κ1) is 24.3. The Labute approximate surface area is 192 Å². The molecule has 0 radical (unpaired) electrons. The van der Waals surface area contributed by atoms with Crippen molar-refractivity contribution in [2.75, 3.05) is 31.9 Å². The van der Waals surface area contributed by atoms with Gasteiger partial charge in [-0.05, 0) is 62.1 Å². The summed E-state index contributed by atoms with van der Waals surface area (Å²) in [6.07, 6.45) is 0. The van der Waals surface area contributed by atoms with E-state index in [1.54, 1.807) is 4.90 Å². The second-order valence-corrected chi connectivity index (χ2v) is 9.46. The molecule has 9 heteroatoms. The normalized spacial score (nSPS) is 11.4. The lowest BCUT2D eigenvalue weighted by Gasteiger charge is -2.25. The van der Waals surface area contributed by atoms with Crippen LogP contribution in [0.2, 0.25) is 0 Å². The minimum atomic E-state index is -4.12. The molecule has 3 rings (SSSR count). The number of carbonyl (C=O) groups is 1. The van der Waals surface area contributed by atoms with Crippen LogP contribution in [0.1, 0.15) is 15.9 Å². The van der Waals surface area contributed by atoms with Gasteiger partial charge < -0.3 is 9.80 Å². The number of sulfonamides is 1. The van der Waals surface area contributed by atoms with Gasteiger partial charge in [-0.15, -0.1) is 0 Å². The SMILES string of the molecule is CN(C)CCN(Cc1ccccc1)C(=O)c1ccc(NS(=O)(=O)c2ccc(F)c(F)c2)cc1. The Morgan fingerprint density at radius 2 is 1.55 bits per heavy atom. The van der Waals surface area contributed by atoms with Crippen molar-refractivity contribution in [1.82, 2.24) is 9.80 Å². The maximum atomic E-state index is 13.4. The summed E-state index contributed by atoms with van der Waals surface area (Å²) in [4.78, 5) is 16.5. The zero-order valence-electron chi connectivity index (χ0n) is 18.3. The van der Waals surface area contributed by atoms with Crippen LogP contribution >= 0.6 is 0 Å². The number of hydrogen-bond acceptors (Lipinski definition) is 4. The number of hydrogen-bond donors (Lipinski definition) is 1. The first-order valence-electron chi connectivity index (χ1n) is 10.2. The van der Waals surface area contributed by atoms with E-state index in [-0.39, 0.29) is 11.6 Å². The molecule has 0 atom stereocenters. The van der Waals surface area contributed by atoms with Gasteiger partial charge in [0, 0.05) is 30.9 Å². The molecule has 0 aliphatic carbocycles. The van der Waals surface area contributed by atoms with E-state index in [1.165, 1.54) is 24.3 Å². The highest BCUT2D eigenvalue weighted by molar-refractivity contribution is 7.92. The first-order chi connectivity index (χ1) is 15.7. The van der Waals surface area contributed by atoms with E-state index < -0.39 is 26.6 Å². The highest BCUT2D eigenvalue weighted by Crippen LogP contribution is 2.20. The number of amides is 1. The summed E-state index contributed by atoms with van der Waals surface area (Å²) in [6, 6.07) is 17.9. The van der Waals surface area contributed by atoms with Gasteiger partial charge in [-0.3, -0.25) is 9.52 Å². The molecule has 0 bridgehead atoms. The number of anilines is 1. The summed E-state index contributed by atoms with van der Waals surface area (Å²) >= 11 is 0. The first-order valence-corrected chi connectivity index (χ1v) is 11.7. The van der Waals surface area contributed by atoms with E-state index in [0.29, 0.717) is 31.3 Å². The van der Waals surface area contributed by atoms with Crippen LogP contribution in [0.3, 0.4) is 0 Å². The number of rotatable bonds is 9. The second-order valence-electron chi connectivity index (χ2n) is 7.77. The van der Waals surface area contributed by atoms with Gasteiger partial charge in [0.2, 0.25) is 0 Å². The van der Waals surface area contributed by atoms with Crippen molar-refractivity contribution in [3.63, 3.8) is 0 Å². The lowest BCUT2D eigenvalue weighted by molar-refractivity contribution is 0.0732. The fraction of sp³-hybridized carbons (Fsp3) is 0.208. The molecular formula is C24H25F2N3O3S. The molecule has 3 aromatic rings. The molecule has 0 aliphatic heterocycles. The largest absolute Gasteiger partial charge is 0.333 e. The third kappa shape index (κ3) is 6.59. The van der Waals surface area contributed by atoms with Gasteiger partial charge in [0.25, 0.3) is 15.9 Å². The van der Waals surface area contributed by atoms with Crippen molar-refractivity contribution in [3.05, 3.63) is 95.6 Å². The molecule has 0 aromatic heterocycles. The minimum Gasteiger partial charge on any atom is -0.333 e. The Bertz CT molecular complexity index is 1200. The fourth-order valence-corrected chi connectivity index (χ4v) is 4.17. The molecular weight excluding hydrogens is 448 g/mol. The van der Waals surface area contributed by atoms with E-state index >= 15 is 0 Å². The predicted octanol–water partition coefficient (Wildman–Crippen LogP) is 3.97. The van der Waals surface area contributed by atoms with Crippen LogP contribution in [0.4, 0.5) is 14.5 Å². The Kier molecular flexibility index (Phi) is 7.78. The van der Waals surface area contributed by atoms with Gasteiger partial charge in [0.05, 0.1) is 4.90 Å². The standard InChI is InChI=1S/C24H25F2N3O3S/c1-28(2)14-15-29(17-18-6-4-3-5-7-18)24(30)19-8-10-20(11-9-19)27-33(31,32)21-12-13-22(25)23(26)16-21/h3-13,16,27H,14-15,17H2,1-2H3. The third-order valence-corrected chi connectivity index (χ3v) is 6.29. The smallest absolute Gasteiger partial charge is 0.261 e. The number of nitrogens with one attached hydrogen (secondary N) is 1. The predicted molar refractivity (Wildman–Crippen MR) is 123 cm³/mol. The van der Waals surface area contributed by atoms with Gasteiger partial charge in [0.1, 0.15) is 0 Å². The van der Waals surface area contributed by atoms with Crippen LogP contribution in [-0.4, -0.2) is 51.3 Å². The highest BCUT2D eigenvalue weighted by atomic mass is 32.2. The molecule has 6 nitrogen and oxygen atoms in total. The van der Waals surface area contributed by atoms with Crippen molar-refractivity contribution >= 4 is 21.6 Å². The maximum absolute atomic E-state index is 13.4. The molecule has 0 heterocycles. The Morgan fingerprint density at radius 1 is 0.879 bits per heavy atom. The van der Waals surface area contributed by atoms with E-state index in [1.807, 2.05) is 49.3 Å². The summed E-state index contributed by atoms with van der Waals surface area (Å²) in [5, 5.41) is 0. The molecule has 1 N–H and O–H groups in total. The summed E-state index contributed by atoms with van der Waals surface area (Å²) in [6.45, 7) is 1.65. The van der Waals surface area contributed by atoms with Crippen molar-refractivity contribution in [1.29, 1.82) is 0 Å². The minimum absolute atomic E-state index is 0.185. The molecule has 3 aromatic carbocycles. The molecule has 0 fully saturated rings. The van der Waals surface area contributed by atoms with E-state index in [2.05, 4.69) is 4.72 Å². The Hall–Kier alpha value is -3.30. The molecule has 0 saturated heterocycles.